The topological polar surface area (TPSA) is 50.4 Å². The van der Waals surface area contributed by atoms with Crippen LogP contribution in [-0.2, 0) is 9.53 Å². The van der Waals surface area contributed by atoms with Gasteiger partial charge in [-0.25, -0.2) is 0 Å². The third-order valence-electron chi connectivity index (χ3n) is 3.65. The maximum Gasteiger partial charge on any atom is 0.256 e. The Morgan fingerprint density at radius 3 is 2.68 bits per heavy atom. The van der Waals surface area contributed by atoms with Crippen LogP contribution >= 0.6 is 15.9 Å². The molecule has 2 N–H and O–H groups in total. The van der Waals surface area contributed by atoms with E-state index in [1.54, 1.807) is 7.11 Å². The monoisotopic (exact) mass is 326 g/mol. The van der Waals surface area contributed by atoms with Crippen molar-refractivity contribution in [2.75, 3.05) is 25.5 Å². The van der Waals surface area contributed by atoms with E-state index < -0.39 is 5.60 Å². The van der Waals surface area contributed by atoms with Gasteiger partial charge in [0.25, 0.3) is 5.91 Å². The summed E-state index contributed by atoms with van der Waals surface area (Å²) in [7, 11) is 1.61. The van der Waals surface area contributed by atoms with Crippen molar-refractivity contribution in [3.8, 4) is 0 Å². The molecule has 1 saturated heterocycles. The highest BCUT2D eigenvalue weighted by Crippen LogP contribution is 2.26. The first kappa shape index (κ1) is 14.5. The van der Waals surface area contributed by atoms with Crippen LogP contribution in [0, 0.1) is 6.92 Å². The quantitative estimate of drug-likeness (QED) is 0.897. The van der Waals surface area contributed by atoms with Crippen molar-refractivity contribution in [3.63, 3.8) is 0 Å². The number of anilines is 1. The highest BCUT2D eigenvalue weighted by atomic mass is 79.9. The third-order valence-corrected chi connectivity index (χ3v) is 4.50. The molecule has 0 unspecified atom stereocenters. The fourth-order valence-corrected chi connectivity index (χ4v) is 2.65. The zero-order valence-corrected chi connectivity index (χ0v) is 12.8. The van der Waals surface area contributed by atoms with Crippen LogP contribution in [0.2, 0.25) is 0 Å². The normalized spacial score (nSPS) is 18.1. The summed E-state index contributed by atoms with van der Waals surface area (Å²) in [5, 5.41) is 6.19. The van der Waals surface area contributed by atoms with Crippen LogP contribution < -0.4 is 10.6 Å². The van der Waals surface area contributed by atoms with Gasteiger partial charge in [0.1, 0.15) is 5.60 Å². The summed E-state index contributed by atoms with van der Waals surface area (Å²) in [5.41, 5.74) is 1.22. The minimum absolute atomic E-state index is 0.0627. The minimum atomic E-state index is -0.706. The zero-order chi connectivity index (χ0) is 13.9. The molecule has 0 bridgehead atoms. The lowest BCUT2D eigenvalue weighted by Gasteiger charge is -2.34. The number of hydrogen-bond donors (Lipinski definition) is 2. The Bertz CT molecular complexity index is 471. The van der Waals surface area contributed by atoms with E-state index in [2.05, 4.69) is 26.6 Å². The second-order valence-corrected chi connectivity index (χ2v) is 5.72. The SMILES string of the molecule is COC1(C(=O)Nc2ccc(C)c(Br)c2)CCNCC1. The molecule has 5 heteroatoms. The van der Waals surface area contributed by atoms with Crippen molar-refractivity contribution in [1.29, 1.82) is 0 Å². The van der Waals surface area contributed by atoms with E-state index in [1.165, 1.54) is 0 Å². The molecule has 1 aromatic rings. The van der Waals surface area contributed by atoms with E-state index in [9.17, 15) is 4.79 Å². The first-order chi connectivity index (χ1) is 9.07. The molecule has 1 fully saturated rings. The molecule has 4 nitrogen and oxygen atoms in total. The van der Waals surface area contributed by atoms with Gasteiger partial charge in [-0.05, 0) is 50.6 Å². The van der Waals surface area contributed by atoms with E-state index in [-0.39, 0.29) is 5.91 Å². The number of benzene rings is 1. The predicted molar refractivity (Wildman–Crippen MR) is 79.4 cm³/mol. The van der Waals surface area contributed by atoms with Crippen molar-refractivity contribution in [1.82, 2.24) is 5.32 Å². The van der Waals surface area contributed by atoms with Gasteiger partial charge in [0.2, 0.25) is 0 Å². The Morgan fingerprint density at radius 2 is 2.11 bits per heavy atom. The van der Waals surface area contributed by atoms with Crippen molar-refractivity contribution in [3.05, 3.63) is 28.2 Å². The summed E-state index contributed by atoms with van der Waals surface area (Å²) < 4.78 is 6.49. The van der Waals surface area contributed by atoms with E-state index in [0.717, 1.165) is 28.8 Å². The molecule has 19 heavy (non-hydrogen) atoms. The predicted octanol–water partition coefficient (Wildman–Crippen LogP) is 2.46. The fourth-order valence-electron chi connectivity index (χ4n) is 2.27. The molecule has 0 saturated carbocycles. The molecule has 104 valence electrons. The van der Waals surface area contributed by atoms with Crippen LogP contribution in [0.4, 0.5) is 5.69 Å². The summed E-state index contributed by atoms with van der Waals surface area (Å²) in [6.07, 6.45) is 1.39. The maximum atomic E-state index is 12.4. The second kappa shape index (κ2) is 6.03. The second-order valence-electron chi connectivity index (χ2n) is 4.87. The molecule has 1 aliphatic heterocycles. The molecular weight excluding hydrogens is 308 g/mol. The number of piperidine rings is 1. The molecule has 1 aliphatic rings. The summed E-state index contributed by atoms with van der Waals surface area (Å²) in [5.74, 6) is -0.0627. The van der Waals surface area contributed by atoms with Gasteiger partial charge in [0.15, 0.2) is 0 Å². The summed E-state index contributed by atoms with van der Waals surface area (Å²) in [4.78, 5) is 12.4. The van der Waals surface area contributed by atoms with Gasteiger partial charge in [0, 0.05) is 17.3 Å². The Hall–Kier alpha value is -0.910. The number of aryl methyl sites for hydroxylation is 1. The van der Waals surface area contributed by atoms with Gasteiger partial charge in [-0.2, -0.15) is 0 Å². The van der Waals surface area contributed by atoms with Crippen LogP contribution in [0.5, 0.6) is 0 Å². The van der Waals surface area contributed by atoms with Crippen LogP contribution in [-0.4, -0.2) is 31.7 Å². The number of amides is 1. The Balaban J connectivity index is 2.12. The molecule has 1 aromatic carbocycles. The average Bonchev–Trinajstić information content (AvgIpc) is 2.43. The lowest BCUT2D eigenvalue weighted by Crippen LogP contribution is -2.51. The van der Waals surface area contributed by atoms with Gasteiger partial charge < -0.3 is 15.4 Å². The van der Waals surface area contributed by atoms with Gasteiger partial charge in [-0.15, -0.1) is 0 Å². The first-order valence-corrected chi connectivity index (χ1v) is 7.20. The van der Waals surface area contributed by atoms with Gasteiger partial charge in [0.05, 0.1) is 0 Å². The standard InChI is InChI=1S/C14H19BrN2O2/c1-10-3-4-11(9-12(10)15)17-13(18)14(19-2)5-7-16-8-6-14/h3-4,9,16H,5-8H2,1-2H3,(H,17,18). The van der Waals surface area contributed by atoms with Crippen molar-refractivity contribution in [2.24, 2.45) is 0 Å². The van der Waals surface area contributed by atoms with Crippen molar-refractivity contribution < 1.29 is 9.53 Å². The largest absolute Gasteiger partial charge is 0.368 e. The summed E-state index contributed by atoms with van der Waals surface area (Å²) >= 11 is 3.47. The lowest BCUT2D eigenvalue weighted by molar-refractivity contribution is -0.140. The summed E-state index contributed by atoms with van der Waals surface area (Å²) in [6, 6.07) is 5.79. The number of rotatable bonds is 3. The molecule has 0 aromatic heterocycles. The van der Waals surface area contributed by atoms with E-state index in [0.29, 0.717) is 12.8 Å². The van der Waals surface area contributed by atoms with Gasteiger partial charge in [-0.3, -0.25) is 4.79 Å². The number of hydrogen-bond acceptors (Lipinski definition) is 3. The van der Waals surface area contributed by atoms with Crippen LogP contribution in [0.15, 0.2) is 22.7 Å². The van der Waals surface area contributed by atoms with Crippen LogP contribution in [0.25, 0.3) is 0 Å². The van der Waals surface area contributed by atoms with E-state index in [4.69, 9.17) is 4.74 Å². The Morgan fingerprint density at radius 1 is 1.42 bits per heavy atom. The Labute approximate surface area is 122 Å². The highest BCUT2D eigenvalue weighted by molar-refractivity contribution is 9.10. The number of halogens is 1. The number of carbonyl (C=O) groups excluding carboxylic acids is 1. The van der Waals surface area contributed by atoms with E-state index in [1.807, 2.05) is 25.1 Å². The minimum Gasteiger partial charge on any atom is -0.368 e. The maximum absolute atomic E-state index is 12.4. The number of ether oxygens (including phenoxy) is 1. The van der Waals surface area contributed by atoms with Crippen LogP contribution in [0.1, 0.15) is 18.4 Å². The fraction of sp³-hybridized carbons (Fsp3) is 0.500. The van der Waals surface area contributed by atoms with Crippen molar-refractivity contribution >= 4 is 27.5 Å². The molecule has 0 aliphatic carbocycles. The molecule has 0 atom stereocenters. The molecule has 1 amide bonds. The van der Waals surface area contributed by atoms with Crippen LogP contribution in [0.3, 0.4) is 0 Å². The van der Waals surface area contributed by atoms with Gasteiger partial charge in [-0.1, -0.05) is 22.0 Å². The molecule has 0 spiro atoms. The smallest absolute Gasteiger partial charge is 0.256 e. The summed E-state index contributed by atoms with van der Waals surface area (Å²) in [6.45, 7) is 3.62. The number of carbonyl (C=O) groups is 1. The first-order valence-electron chi connectivity index (χ1n) is 6.41. The molecule has 1 heterocycles. The molecule has 0 radical (unpaired) electrons. The van der Waals surface area contributed by atoms with Crippen molar-refractivity contribution in [2.45, 2.75) is 25.4 Å². The highest BCUT2D eigenvalue weighted by Gasteiger charge is 2.39. The average molecular weight is 327 g/mol. The third kappa shape index (κ3) is 3.16. The number of nitrogens with one attached hydrogen (secondary N) is 2. The number of methoxy groups -OCH3 is 1. The van der Waals surface area contributed by atoms with E-state index >= 15 is 0 Å². The molecule has 2 rings (SSSR count). The molecular formula is C14H19BrN2O2. The zero-order valence-electron chi connectivity index (χ0n) is 11.3. The van der Waals surface area contributed by atoms with Gasteiger partial charge >= 0.3 is 0 Å². The Kier molecular flexibility index (Phi) is 4.60. The lowest BCUT2D eigenvalue weighted by atomic mass is 9.91.